The lowest BCUT2D eigenvalue weighted by Crippen LogP contribution is -2.71. The highest BCUT2D eigenvalue weighted by Crippen LogP contribution is 2.72. The molecule has 206 valence electrons. The van der Waals surface area contributed by atoms with E-state index in [1.54, 1.807) is 13.8 Å². The zero-order chi connectivity index (χ0) is 27.6. The van der Waals surface area contributed by atoms with Crippen LogP contribution in [-0.2, 0) is 19.1 Å². The van der Waals surface area contributed by atoms with Crippen molar-refractivity contribution in [1.29, 1.82) is 0 Å². The van der Waals surface area contributed by atoms with Crippen LogP contribution in [0.3, 0.4) is 0 Å². The number of aliphatic hydroxyl groups is 1. The van der Waals surface area contributed by atoms with Crippen molar-refractivity contribution in [3.63, 3.8) is 0 Å². The molecular weight excluding hydrogens is 509 g/mol. The number of carbonyl (C=O) groups is 3. The van der Waals surface area contributed by atoms with Gasteiger partial charge in [0.2, 0.25) is 5.78 Å². The number of ketones is 2. The Hall–Kier alpha value is -1.67. The predicted octanol–water partition coefficient (Wildman–Crippen LogP) is 5.52. The molecule has 0 aromatic carbocycles. The van der Waals surface area contributed by atoms with E-state index in [9.17, 15) is 23.9 Å². The van der Waals surface area contributed by atoms with Crippen LogP contribution in [0.1, 0.15) is 72.6 Å². The zero-order valence-electron chi connectivity index (χ0n) is 21.8. The maximum Gasteiger partial charge on any atom is 0.306 e. The monoisotopic (exact) mass is 544 g/mol. The summed E-state index contributed by atoms with van der Waals surface area (Å²) in [5, 5.41) is 11.5. The minimum Gasteiger partial charge on any atom is -0.450 e. The number of alkyl halides is 3. The summed E-state index contributed by atoms with van der Waals surface area (Å²) < 4.78 is 53.9. The molecule has 3 saturated carbocycles. The summed E-state index contributed by atoms with van der Waals surface area (Å²) in [5.74, 6) is -6.23. The molecule has 1 N–H and O–H groups in total. The Morgan fingerprint density at radius 1 is 1.22 bits per heavy atom. The molecule has 9 atom stereocenters. The first-order chi connectivity index (χ1) is 17.3. The molecule has 9 heteroatoms. The number of Topliss-reactive ketones (excluding diaryl/α,β-unsaturated/α-hetero) is 1. The van der Waals surface area contributed by atoms with Crippen molar-refractivity contribution in [1.82, 2.24) is 0 Å². The van der Waals surface area contributed by atoms with Gasteiger partial charge in [-0.3, -0.25) is 14.4 Å². The normalized spacial score (nSPS) is 44.8. The van der Waals surface area contributed by atoms with Crippen LogP contribution < -0.4 is 0 Å². The molecule has 0 spiro atoms. The predicted molar refractivity (Wildman–Crippen MR) is 132 cm³/mol. The number of hydrogen-bond donors (Lipinski definition) is 1. The molecule has 0 bridgehead atoms. The van der Waals surface area contributed by atoms with Gasteiger partial charge in [0.1, 0.15) is 6.17 Å². The number of aliphatic hydroxyl groups excluding tert-OH is 1. The molecule has 0 saturated heterocycles. The van der Waals surface area contributed by atoms with E-state index in [0.29, 0.717) is 6.42 Å². The Kier molecular flexibility index (Phi) is 7.28. The second-order valence-corrected chi connectivity index (χ2v) is 12.1. The number of ether oxygens (including phenoxy) is 1. The van der Waals surface area contributed by atoms with Crippen molar-refractivity contribution >= 4 is 29.1 Å². The van der Waals surface area contributed by atoms with Crippen molar-refractivity contribution in [3.05, 3.63) is 23.6 Å². The van der Waals surface area contributed by atoms with Crippen LogP contribution in [-0.4, -0.2) is 52.1 Å². The van der Waals surface area contributed by atoms with Crippen LogP contribution in [0.15, 0.2) is 23.6 Å². The molecule has 5 nitrogen and oxygen atoms in total. The van der Waals surface area contributed by atoms with E-state index in [4.69, 9.17) is 16.3 Å². The fourth-order valence-corrected chi connectivity index (χ4v) is 8.53. The third-order valence-corrected chi connectivity index (χ3v) is 10.3. The molecule has 0 radical (unpaired) electrons. The minimum atomic E-state index is -2.51. The molecule has 0 aromatic rings. The summed E-state index contributed by atoms with van der Waals surface area (Å²) in [6.45, 7) is 6.74. The first-order valence-electron chi connectivity index (χ1n) is 13.2. The Labute approximate surface area is 220 Å². The quantitative estimate of drug-likeness (QED) is 0.259. The lowest BCUT2D eigenvalue weighted by atomic mass is 9.44. The molecule has 37 heavy (non-hydrogen) atoms. The summed E-state index contributed by atoms with van der Waals surface area (Å²) in [6, 6.07) is 0. The standard InChI is InChI=1S/C28H36ClF3O5/c1-5-6-7-8-22(36)37-28(21(35)14-29)15(2)11-16-17-12-18(30)23-24(31)19(33)9-10-25(23,3)27(17,32)20(34)13-26(16,28)4/h9-10,15-18,20,34H,5-8,11-14H2,1-4H3/t15-,16-,17-,18-,20-,25-,26-,27-,28+/m0/s1. The zero-order valence-corrected chi connectivity index (χ0v) is 22.5. The van der Waals surface area contributed by atoms with Gasteiger partial charge in [-0.1, -0.05) is 39.7 Å². The lowest BCUT2D eigenvalue weighted by molar-refractivity contribution is -0.230. The van der Waals surface area contributed by atoms with Gasteiger partial charge < -0.3 is 9.84 Å². The van der Waals surface area contributed by atoms with Crippen molar-refractivity contribution < 1.29 is 37.4 Å². The van der Waals surface area contributed by atoms with E-state index < -0.39 is 93.4 Å². The van der Waals surface area contributed by atoms with E-state index in [0.717, 1.165) is 18.9 Å². The summed E-state index contributed by atoms with van der Waals surface area (Å²) >= 11 is 6.03. The molecule has 4 aliphatic carbocycles. The van der Waals surface area contributed by atoms with E-state index in [2.05, 4.69) is 0 Å². The van der Waals surface area contributed by atoms with Gasteiger partial charge in [0.05, 0.1) is 12.0 Å². The van der Waals surface area contributed by atoms with Crippen LogP contribution in [0.5, 0.6) is 0 Å². The second-order valence-electron chi connectivity index (χ2n) is 11.8. The fraction of sp³-hybridized carbons (Fsp3) is 0.750. The number of halogens is 4. The number of rotatable bonds is 7. The first kappa shape index (κ1) is 28.3. The molecule has 0 heterocycles. The van der Waals surface area contributed by atoms with Crippen molar-refractivity contribution in [3.8, 4) is 0 Å². The van der Waals surface area contributed by atoms with E-state index in [1.807, 2.05) is 6.92 Å². The van der Waals surface area contributed by atoms with Gasteiger partial charge >= 0.3 is 5.97 Å². The average Bonchev–Trinajstić information content (AvgIpc) is 3.05. The van der Waals surface area contributed by atoms with Gasteiger partial charge in [0, 0.05) is 34.7 Å². The number of carbonyl (C=O) groups excluding carboxylic acids is 3. The van der Waals surface area contributed by atoms with Gasteiger partial charge in [-0.25, -0.2) is 13.2 Å². The topological polar surface area (TPSA) is 80.7 Å². The molecule has 4 rings (SSSR count). The van der Waals surface area contributed by atoms with Crippen LogP contribution in [0, 0.1) is 28.6 Å². The van der Waals surface area contributed by atoms with E-state index in [-0.39, 0.29) is 19.3 Å². The first-order valence-corrected chi connectivity index (χ1v) is 13.8. The SMILES string of the molecule is CCCCCC(=O)O[C@@]1(C(=O)CCl)[C@@H](C)C[C@H]2[C@@H]3C[C@H](F)C4=C(F)C(=O)C=C[C@]4(C)[C@@]3(F)[C@@H](O)C[C@@]21C. The van der Waals surface area contributed by atoms with Gasteiger partial charge in [-0.15, -0.1) is 11.6 Å². The molecule has 0 amide bonds. The summed E-state index contributed by atoms with van der Waals surface area (Å²) in [4.78, 5) is 38.4. The Morgan fingerprint density at radius 2 is 1.89 bits per heavy atom. The third kappa shape index (κ3) is 3.64. The summed E-state index contributed by atoms with van der Waals surface area (Å²) in [7, 11) is 0. The second kappa shape index (κ2) is 9.51. The number of fused-ring (bicyclic) bond motifs is 5. The van der Waals surface area contributed by atoms with Crippen LogP contribution in [0.2, 0.25) is 0 Å². The van der Waals surface area contributed by atoms with Gasteiger partial charge in [0.15, 0.2) is 22.9 Å². The van der Waals surface area contributed by atoms with Crippen LogP contribution >= 0.6 is 11.6 Å². The molecule has 0 aliphatic heterocycles. The lowest BCUT2D eigenvalue weighted by Gasteiger charge is -2.63. The van der Waals surface area contributed by atoms with Crippen molar-refractivity contribution in [2.45, 2.75) is 96.2 Å². The molecule has 0 aromatic heterocycles. The Bertz CT molecular complexity index is 1060. The van der Waals surface area contributed by atoms with Crippen molar-refractivity contribution in [2.75, 3.05) is 5.88 Å². The average molecular weight is 545 g/mol. The Morgan fingerprint density at radius 3 is 2.51 bits per heavy atom. The summed E-state index contributed by atoms with van der Waals surface area (Å²) in [6.07, 6.45) is 0.254. The number of allylic oxidation sites excluding steroid dienone is 4. The summed E-state index contributed by atoms with van der Waals surface area (Å²) in [5.41, 5.74) is -7.91. The minimum absolute atomic E-state index is 0.106. The maximum absolute atomic E-state index is 17.3. The van der Waals surface area contributed by atoms with Crippen LogP contribution in [0.4, 0.5) is 13.2 Å². The molecule has 0 unspecified atom stereocenters. The van der Waals surface area contributed by atoms with Crippen molar-refractivity contribution in [2.24, 2.45) is 28.6 Å². The highest BCUT2D eigenvalue weighted by Gasteiger charge is 2.78. The van der Waals surface area contributed by atoms with Gasteiger partial charge in [0.25, 0.3) is 0 Å². The molecular formula is C28H36ClF3O5. The van der Waals surface area contributed by atoms with Gasteiger partial charge in [-0.2, -0.15) is 0 Å². The Balaban J connectivity index is 1.81. The number of esters is 1. The number of unbranched alkanes of at least 4 members (excludes halogenated alkanes) is 2. The largest absolute Gasteiger partial charge is 0.450 e. The number of hydrogen-bond acceptors (Lipinski definition) is 5. The third-order valence-electron chi connectivity index (χ3n) is 10.0. The highest BCUT2D eigenvalue weighted by molar-refractivity contribution is 6.29. The smallest absolute Gasteiger partial charge is 0.306 e. The van der Waals surface area contributed by atoms with Crippen LogP contribution in [0.25, 0.3) is 0 Å². The van der Waals surface area contributed by atoms with E-state index in [1.165, 1.54) is 13.0 Å². The van der Waals surface area contributed by atoms with Gasteiger partial charge in [-0.05, 0) is 44.6 Å². The molecule has 3 fully saturated rings. The van der Waals surface area contributed by atoms with E-state index >= 15 is 8.78 Å². The highest BCUT2D eigenvalue weighted by atomic mass is 35.5. The molecule has 4 aliphatic rings. The maximum atomic E-state index is 17.3. The fourth-order valence-electron chi connectivity index (χ4n) is 8.33.